The van der Waals surface area contributed by atoms with Crippen LogP contribution in [0, 0.1) is 35.3 Å². The van der Waals surface area contributed by atoms with E-state index in [4.69, 9.17) is 4.74 Å². The minimum atomic E-state index is -0.471. The molecule has 1 aromatic rings. The van der Waals surface area contributed by atoms with Crippen molar-refractivity contribution in [3.63, 3.8) is 0 Å². The lowest BCUT2D eigenvalue weighted by Gasteiger charge is -2.38. The summed E-state index contributed by atoms with van der Waals surface area (Å²) in [6.07, 6.45) is 18.6. The number of ether oxygens (including phenoxy) is 1. The van der Waals surface area contributed by atoms with Gasteiger partial charge in [-0.05, 0) is 79.9 Å². The predicted octanol–water partition coefficient (Wildman–Crippen LogP) is 8.24. The van der Waals surface area contributed by atoms with Gasteiger partial charge < -0.3 is 4.74 Å². The molecule has 3 heteroatoms. The van der Waals surface area contributed by atoms with Gasteiger partial charge in [-0.3, -0.25) is 0 Å². The maximum absolute atomic E-state index is 14.1. The first kappa shape index (κ1) is 23.7. The Morgan fingerprint density at radius 1 is 0.800 bits per heavy atom. The molecule has 2 fully saturated rings. The van der Waals surface area contributed by atoms with Gasteiger partial charge in [-0.15, -0.1) is 0 Å². The molecule has 2 aliphatic carbocycles. The van der Waals surface area contributed by atoms with Crippen LogP contribution < -0.4 is 0 Å². The van der Waals surface area contributed by atoms with E-state index < -0.39 is 11.6 Å². The second kappa shape index (κ2) is 12.2. The van der Waals surface area contributed by atoms with Crippen LogP contribution in [0.1, 0.15) is 102 Å². The Morgan fingerprint density at radius 3 is 1.83 bits per heavy atom. The van der Waals surface area contributed by atoms with Crippen molar-refractivity contribution in [1.82, 2.24) is 0 Å². The lowest BCUT2D eigenvalue weighted by atomic mass is 9.68. The number of hydrogen-bond donors (Lipinski definition) is 0. The van der Waals surface area contributed by atoms with E-state index in [1.54, 1.807) is 0 Å². The number of halogens is 2. The lowest BCUT2D eigenvalue weighted by Crippen LogP contribution is -2.26. The van der Waals surface area contributed by atoms with Crippen LogP contribution in [0.5, 0.6) is 0 Å². The summed E-state index contributed by atoms with van der Waals surface area (Å²) in [5, 5.41) is 0. The van der Waals surface area contributed by atoms with Gasteiger partial charge in [0.1, 0.15) is 11.6 Å². The molecule has 30 heavy (non-hydrogen) atoms. The summed E-state index contributed by atoms with van der Waals surface area (Å²) in [4.78, 5) is 0. The highest BCUT2D eigenvalue weighted by Crippen LogP contribution is 2.43. The zero-order chi connectivity index (χ0) is 21.3. The minimum Gasteiger partial charge on any atom is -0.380 e. The van der Waals surface area contributed by atoms with E-state index in [0.29, 0.717) is 0 Å². The van der Waals surface area contributed by atoms with Gasteiger partial charge in [0.15, 0.2) is 0 Å². The van der Waals surface area contributed by atoms with E-state index in [0.717, 1.165) is 42.1 Å². The van der Waals surface area contributed by atoms with Crippen LogP contribution in [-0.4, -0.2) is 7.11 Å². The van der Waals surface area contributed by atoms with E-state index >= 15 is 0 Å². The molecular weight excluding hydrogens is 378 g/mol. The molecule has 0 bridgehead atoms. The molecule has 0 saturated heterocycles. The molecule has 0 heterocycles. The van der Waals surface area contributed by atoms with Crippen molar-refractivity contribution in [2.75, 3.05) is 7.11 Å². The van der Waals surface area contributed by atoms with Gasteiger partial charge >= 0.3 is 0 Å². The monoisotopic (exact) mass is 420 g/mol. The van der Waals surface area contributed by atoms with E-state index in [2.05, 4.69) is 6.92 Å². The summed E-state index contributed by atoms with van der Waals surface area (Å²) in [7, 11) is 1.46. The molecule has 0 spiro atoms. The Hall–Kier alpha value is -0.960. The van der Waals surface area contributed by atoms with Gasteiger partial charge in [0.05, 0.1) is 6.61 Å². The maximum Gasteiger partial charge on any atom is 0.131 e. The van der Waals surface area contributed by atoms with Crippen molar-refractivity contribution < 1.29 is 13.5 Å². The van der Waals surface area contributed by atoms with Crippen molar-refractivity contribution in [1.29, 1.82) is 0 Å². The average molecular weight is 421 g/mol. The highest BCUT2D eigenvalue weighted by molar-refractivity contribution is 5.26. The number of aryl methyl sites for hydroxylation is 1. The van der Waals surface area contributed by atoms with E-state index in [-0.39, 0.29) is 12.2 Å². The molecule has 1 aromatic carbocycles. The third-order valence-electron chi connectivity index (χ3n) is 8.00. The Kier molecular flexibility index (Phi) is 9.62. The molecule has 3 rings (SSSR count). The minimum absolute atomic E-state index is 0.0113. The third-order valence-corrected chi connectivity index (χ3v) is 8.00. The summed E-state index contributed by atoms with van der Waals surface area (Å²) in [6.45, 7) is 2.28. The Bertz CT molecular complexity index is 605. The zero-order valence-electron chi connectivity index (χ0n) is 19.2. The highest BCUT2D eigenvalue weighted by atomic mass is 19.1. The van der Waals surface area contributed by atoms with E-state index in [1.807, 2.05) is 0 Å². The fourth-order valence-electron chi connectivity index (χ4n) is 6.03. The summed E-state index contributed by atoms with van der Waals surface area (Å²) >= 11 is 0. The van der Waals surface area contributed by atoms with Crippen LogP contribution in [0.3, 0.4) is 0 Å². The molecule has 1 nitrogen and oxygen atoms in total. The zero-order valence-corrected chi connectivity index (χ0v) is 19.2. The van der Waals surface area contributed by atoms with Crippen LogP contribution in [0.15, 0.2) is 12.1 Å². The molecule has 0 radical (unpaired) electrons. The van der Waals surface area contributed by atoms with Gasteiger partial charge in [0.25, 0.3) is 0 Å². The molecule has 0 N–H and O–H groups in total. The summed E-state index contributed by atoms with van der Waals surface area (Å²) < 4.78 is 33.1. The number of methoxy groups -OCH3 is 1. The molecule has 170 valence electrons. The number of rotatable bonds is 10. The molecule has 0 aliphatic heterocycles. The molecule has 0 unspecified atom stereocenters. The van der Waals surface area contributed by atoms with Crippen molar-refractivity contribution in [2.24, 2.45) is 23.7 Å². The van der Waals surface area contributed by atoms with Crippen LogP contribution in [0.4, 0.5) is 8.78 Å². The second-order valence-corrected chi connectivity index (χ2v) is 10.1. The summed E-state index contributed by atoms with van der Waals surface area (Å²) in [6, 6.07) is 3.00. The average Bonchev–Trinajstić information content (AvgIpc) is 2.76. The van der Waals surface area contributed by atoms with Crippen LogP contribution in [-0.2, 0) is 17.8 Å². The quantitative estimate of drug-likeness (QED) is 0.346. The predicted molar refractivity (Wildman–Crippen MR) is 120 cm³/mol. The normalized spacial score (nSPS) is 27.3. The summed E-state index contributed by atoms with van der Waals surface area (Å²) in [5.41, 5.74) is 0.829. The van der Waals surface area contributed by atoms with Crippen molar-refractivity contribution in [3.8, 4) is 0 Å². The van der Waals surface area contributed by atoms with Gasteiger partial charge in [0, 0.05) is 12.7 Å². The Labute approximate surface area is 183 Å². The number of hydrogen-bond acceptors (Lipinski definition) is 1. The third kappa shape index (κ3) is 6.77. The first-order chi connectivity index (χ1) is 14.6. The standard InChI is InChI=1S/C27H42F2O/c1-3-4-5-6-20-9-13-23(14-10-20)24-15-11-21(12-16-24)7-8-22-17-26(28)25(19-30-2)27(29)18-22/h17-18,20-21,23-24H,3-16,19H2,1-2H3/t20-,21?,23-,24?. The van der Waals surface area contributed by atoms with Crippen LogP contribution in [0.2, 0.25) is 0 Å². The SMILES string of the molecule is CCCCC[C@H]1CC[C@H](C2CCC(CCc3cc(F)c(COC)c(F)c3)CC2)CC1. The molecule has 2 aliphatic rings. The van der Waals surface area contributed by atoms with Crippen LogP contribution >= 0.6 is 0 Å². The molecule has 2 saturated carbocycles. The van der Waals surface area contributed by atoms with Gasteiger partial charge in [0.2, 0.25) is 0 Å². The highest BCUT2D eigenvalue weighted by Gasteiger charge is 2.30. The van der Waals surface area contributed by atoms with E-state index in [9.17, 15) is 8.78 Å². The van der Waals surface area contributed by atoms with Crippen molar-refractivity contribution in [2.45, 2.75) is 103 Å². The van der Waals surface area contributed by atoms with Gasteiger partial charge in [-0.1, -0.05) is 58.3 Å². The fraction of sp³-hybridized carbons (Fsp3) is 0.778. The smallest absolute Gasteiger partial charge is 0.131 e. The van der Waals surface area contributed by atoms with Crippen molar-refractivity contribution in [3.05, 3.63) is 34.9 Å². The molecule has 0 amide bonds. The molecule has 0 aromatic heterocycles. The second-order valence-electron chi connectivity index (χ2n) is 10.1. The first-order valence-electron chi connectivity index (χ1n) is 12.6. The molecule has 0 atom stereocenters. The number of benzene rings is 1. The van der Waals surface area contributed by atoms with Crippen molar-refractivity contribution >= 4 is 0 Å². The van der Waals surface area contributed by atoms with Gasteiger partial charge in [-0.2, -0.15) is 0 Å². The van der Waals surface area contributed by atoms with Gasteiger partial charge in [-0.25, -0.2) is 8.78 Å². The van der Waals surface area contributed by atoms with Crippen LogP contribution in [0.25, 0.3) is 0 Å². The summed E-state index contributed by atoms with van der Waals surface area (Å²) in [5.74, 6) is 2.67. The fourth-order valence-corrected chi connectivity index (χ4v) is 6.03. The lowest BCUT2D eigenvalue weighted by molar-refractivity contribution is 0.140. The number of unbranched alkanes of at least 4 members (excludes halogenated alkanes) is 2. The maximum atomic E-state index is 14.1. The van der Waals surface area contributed by atoms with E-state index in [1.165, 1.54) is 96.3 Å². The topological polar surface area (TPSA) is 9.23 Å². The Morgan fingerprint density at radius 2 is 1.33 bits per heavy atom. The first-order valence-corrected chi connectivity index (χ1v) is 12.6. The Balaban J connectivity index is 1.37. The molecular formula is C27H42F2O. The largest absolute Gasteiger partial charge is 0.380 e.